The molecule has 1 aromatic carbocycles. The molecule has 0 aromatic heterocycles. The lowest BCUT2D eigenvalue weighted by Crippen LogP contribution is -2.33. The van der Waals surface area contributed by atoms with E-state index >= 15 is 0 Å². The largest absolute Gasteiger partial charge is 0.310 e. The number of nitrogens with one attached hydrogen (secondary N) is 1. The first-order valence-electron chi connectivity index (χ1n) is 6.39. The maximum absolute atomic E-state index is 6.22. The highest BCUT2D eigenvalue weighted by Gasteiger charge is 2.19. The first kappa shape index (κ1) is 14.7. The van der Waals surface area contributed by atoms with Gasteiger partial charge in [0.05, 0.1) is 0 Å². The van der Waals surface area contributed by atoms with Gasteiger partial charge in [-0.1, -0.05) is 33.6 Å². The van der Waals surface area contributed by atoms with Crippen LogP contribution < -0.4 is 5.32 Å². The molecule has 1 nitrogen and oxygen atoms in total. The maximum Gasteiger partial charge on any atom is 0.0462 e. The van der Waals surface area contributed by atoms with Crippen LogP contribution in [-0.4, -0.2) is 17.5 Å². The summed E-state index contributed by atoms with van der Waals surface area (Å²) in [5.74, 6) is 0. The first-order valence-corrected chi connectivity index (χ1v) is 8.85. The number of hydrogen-bond donors (Lipinski definition) is 1. The number of thioether (sulfide) groups is 1. The second-order valence-corrected chi connectivity index (χ2v) is 7.29. The van der Waals surface area contributed by atoms with Gasteiger partial charge in [0.15, 0.2) is 0 Å². The van der Waals surface area contributed by atoms with E-state index in [1.54, 1.807) is 0 Å². The van der Waals surface area contributed by atoms with Crippen LogP contribution in [0.2, 0.25) is 5.02 Å². The molecule has 100 valence electrons. The Kier molecular flexibility index (Phi) is 5.87. The molecule has 1 saturated carbocycles. The average Bonchev–Trinajstić information content (AvgIpc) is 2.38. The Bertz CT molecular complexity index is 391. The van der Waals surface area contributed by atoms with Crippen molar-refractivity contribution in [2.45, 2.75) is 43.5 Å². The van der Waals surface area contributed by atoms with Crippen LogP contribution in [0.5, 0.6) is 0 Å². The van der Waals surface area contributed by atoms with Crippen molar-refractivity contribution in [3.63, 3.8) is 0 Å². The fourth-order valence-electron chi connectivity index (χ4n) is 2.42. The van der Waals surface area contributed by atoms with Crippen LogP contribution in [0.15, 0.2) is 22.7 Å². The SMILES string of the molecule is CSC1CCC(NCc2ccc(Br)cc2Cl)CC1. The minimum absolute atomic E-state index is 0.660. The standard InChI is InChI=1S/C14H19BrClNS/c1-18-13-6-4-12(5-7-13)17-9-10-2-3-11(15)8-14(10)16/h2-3,8,12-13,17H,4-7,9H2,1H3. The van der Waals surface area contributed by atoms with E-state index in [2.05, 4.69) is 33.6 Å². The summed E-state index contributed by atoms with van der Waals surface area (Å²) in [6.45, 7) is 0.876. The highest BCUT2D eigenvalue weighted by atomic mass is 79.9. The molecule has 18 heavy (non-hydrogen) atoms. The summed E-state index contributed by atoms with van der Waals surface area (Å²) in [5, 5.41) is 5.35. The van der Waals surface area contributed by atoms with Crippen LogP contribution in [0.4, 0.5) is 0 Å². The van der Waals surface area contributed by atoms with E-state index in [0.717, 1.165) is 21.3 Å². The summed E-state index contributed by atoms with van der Waals surface area (Å²) in [4.78, 5) is 0. The Hall–Kier alpha value is 0.300. The molecule has 1 aromatic rings. The molecule has 2 rings (SSSR count). The van der Waals surface area contributed by atoms with Gasteiger partial charge in [-0.05, 0) is 49.6 Å². The fraction of sp³-hybridized carbons (Fsp3) is 0.571. The third-order valence-electron chi connectivity index (χ3n) is 3.60. The van der Waals surface area contributed by atoms with E-state index in [-0.39, 0.29) is 0 Å². The molecule has 1 aliphatic carbocycles. The summed E-state index contributed by atoms with van der Waals surface area (Å²) in [5.41, 5.74) is 1.19. The van der Waals surface area contributed by atoms with E-state index in [0.29, 0.717) is 6.04 Å². The van der Waals surface area contributed by atoms with Crippen molar-refractivity contribution in [3.8, 4) is 0 Å². The van der Waals surface area contributed by atoms with Crippen molar-refractivity contribution in [2.24, 2.45) is 0 Å². The molecule has 1 fully saturated rings. The first-order chi connectivity index (χ1) is 8.69. The Morgan fingerprint density at radius 1 is 1.33 bits per heavy atom. The number of rotatable bonds is 4. The zero-order valence-electron chi connectivity index (χ0n) is 10.6. The fourth-order valence-corrected chi connectivity index (χ4v) is 3.91. The van der Waals surface area contributed by atoms with E-state index in [1.807, 2.05) is 23.9 Å². The zero-order valence-corrected chi connectivity index (χ0v) is 13.7. The third kappa shape index (κ3) is 4.16. The zero-order chi connectivity index (χ0) is 13.0. The Balaban J connectivity index is 1.81. The van der Waals surface area contributed by atoms with Crippen molar-refractivity contribution in [3.05, 3.63) is 33.3 Å². The predicted octanol–water partition coefficient (Wildman–Crippen LogP) is 4.87. The van der Waals surface area contributed by atoms with Crippen LogP contribution in [0.1, 0.15) is 31.2 Å². The number of hydrogen-bond acceptors (Lipinski definition) is 2. The number of benzene rings is 1. The molecule has 0 spiro atoms. The molecule has 0 radical (unpaired) electrons. The van der Waals surface area contributed by atoms with Crippen molar-refractivity contribution >= 4 is 39.3 Å². The molecule has 0 saturated heterocycles. The Morgan fingerprint density at radius 3 is 2.67 bits per heavy atom. The molecule has 0 aliphatic heterocycles. The lowest BCUT2D eigenvalue weighted by molar-refractivity contribution is 0.379. The van der Waals surface area contributed by atoms with Gasteiger partial charge < -0.3 is 5.32 Å². The molecule has 1 aliphatic rings. The second kappa shape index (κ2) is 7.18. The molecule has 0 atom stereocenters. The van der Waals surface area contributed by atoms with Crippen molar-refractivity contribution in [2.75, 3.05) is 6.26 Å². The summed E-state index contributed by atoms with van der Waals surface area (Å²) < 4.78 is 1.04. The van der Waals surface area contributed by atoms with Gasteiger partial charge in [0, 0.05) is 27.3 Å². The summed E-state index contributed by atoms with van der Waals surface area (Å²) in [7, 11) is 0. The van der Waals surface area contributed by atoms with Crippen LogP contribution in [0.3, 0.4) is 0 Å². The molecule has 1 N–H and O–H groups in total. The molecule has 4 heteroatoms. The van der Waals surface area contributed by atoms with Gasteiger partial charge in [0.1, 0.15) is 0 Å². The van der Waals surface area contributed by atoms with Gasteiger partial charge in [-0.2, -0.15) is 11.8 Å². The molecule has 0 bridgehead atoms. The van der Waals surface area contributed by atoms with Crippen molar-refractivity contribution in [1.82, 2.24) is 5.32 Å². The van der Waals surface area contributed by atoms with Crippen LogP contribution in [-0.2, 0) is 6.54 Å². The van der Waals surface area contributed by atoms with E-state index < -0.39 is 0 Å². The Morgan fingerprint density at radius 2 is 2.06 bits per heavy atom. The summed E-state index contributed by atoms with van der Waals surface area (Å²) in [6.07, 6.45) is 7.49. The van der Waals surface area contributed by atoms with Crippen molar-refractivity contribution in [1.29, 1.82) is 0 Å². The number of halogens is 2. The molecular formula is C14H19BrClNS. The average molecular weight is 349 g/mol. The molecule has 0 unspecified atom stereocenters. The summed E-state index contributed by atoms with van der Waals surface area (Å²) in [6, 6.07) is 6.76. The van der Waals surface area contributed by atoms with E-state index in [9.17, 15) is 0 Å². The quantitative estimate of drug-likeness (QED) is 0.833. The molecule has 0 heterocycles. The molecular weight excluding hydrogens is 330 g/mol. The highest BCUT2D eigenvalue weighted by molar-refractivity contribution is 9.10. The van der Waals surface area contributed by atoms with Gasteiger partial charge in [0.2, 0.25) is 0 Å². The topological polar surface area (TPSA) is 12.0 Å². The van der Waals surface area contributed by atoms with Crippen LogP contribution >= 0.6 is 39.3 Å². The van der Waals surface area contributed by atoms with Gasteiger partial charge in [-0.3, -0.25) is 0 Å². The lowest BCUT2D eigenvalue weighted by atomic mass is 9.95. The van der Waals surface area contributed by atoms with Crippen molar-refractivity contribution < 1.29 is 0 Å². The smallest absolute Gasteiger partial charge is 0.0462 e. The van der Waals surface area contributed by atoms with E-state index in [1.165, 1.54) is 31.2 Å². The minimum Gasteiger partial charge on any atom is -0.310 e. The van der Waals surface area contributed by atoms with E-state index in [4.69, 9.17) is 11.6 Å². The van der Waals surface area contributed by atoms with Crippen LogP contribution in [0.25, 0.3) is 0 Å². The lowest BCUT2D eigenvalue weighted by Gasteiger charge is -2.28. The summed E-state index contributed by atoms with van der Waals surface area (Å²) >= 11 is 11.7. The van der Waals surface area contributed by atoms with Crippen LogP contribution in [0, 0.1) is 0 Å². The predicted molar refractivity (Wildman–Crippen MR) is 85.6 cm³/mol. The molecule has 0 amide bonds. The van der Waals surface area contributed by atoms with Gasteiger partial charge in [-0.15, -0.1) is 0 Å². The highest BCUT2D eigenvalue weighted by Crippen LogP contribution is 2.27. The second-order valence-electron chi connectivity index (χ2n) is 4.83. The monoisotopic (exact) mass is 347 g/mol. The van der Waals surface area contributed by atoms with Gasteiger partial charge in [-0.25, -0.2) is 0 Å². The third-order valence-corrected chi connectivity index (χ3v) is 5.59. The minimum atomic E-state index is 0.660. The van der Waals surface area contributed by atoms with Gasteiger partial charge in [0.25, 0.3) is 0 Å². The maximum atomic E-state index is 6.22. The Labute approximate surface area is 127 Å². The van der Waals surface area contributed by atoms with Gasteiger partial charge >= 0.3 is 0 Å². The normalized spacial score (nSPS) is 24.2.